The van der Waals surface area contributed by atoms with Crippen molar-refractivity contribution in [1.29, 1.82) is 0 Å². The standard InChI is InChI=1S/C36H42N6O4/c1-3-11-32-37-31-17-10-7-14-28(22-33(43)45-24(2)46-36(44)27-12-5-4-6-13-27)34(31)42(32)23-25-18-20-26(21-19-25)29-15-8-9-16-30(29)35-38-40-41-39-35/h8-9,15-16,18-22,24,27H,3-7,10-14,17,23H2,1-2H3,(H,38,39,40,41). The summed E-state index contributed by atoms with van der Waals surface area (Å²) in [4.78, 5) is 30.8. The number of nitrogens with zero attached hydrogens (tertiary/aromatic N) is 5. The van der Waals surface area contributed by atoms with E-state index in [0.717, 1.165) is 116 Å². The number of nitrogens with one attached hydrogen (secondary N) is 1. The summed E-state index contributed by atoms with van der Waals surface area (Å²) in [5.74, 6) is 0.784. The number of aromatic amines is 1. The van der Waals surface area contributed by atoms with E-state index in [4.69, 9.17) is 14.5 Å². The maximum Gasteiger partial charge on any atom is 0.334 e. The maximum atomic E-state index is 13.2. The van der Waals surface area contributed by atoms with E-state index in [9.17, 15) is 9.59 Å². The van der Waals surface area contributed by atoms with Gasteiger partial charge in [-0.15, -0.1) is 5.10 Å². The number of allylic oxidation sites excluding steroid dienone is 1. The van der Waals surface area contributed by atoms with E-state index in [2.05, 4.69) is 62.4 Å². The number of rotatable bonds is 10. The molecule has 1 unspecified atom stereocenters. The molecule has 2 aromatic carbocycles. The van der Waals surface area contributed by atoms with Crippen LogP contribution >= 0.6 is 0 Å². The Bertz CT molecular complexity index is 1670. The lowest BCUT2D eigenvalue weighted by Gasteiger charge is -2.22. The number of hydrogen-bond donors (Lipinski definition) is 1. The predicted molar refractivity (Wildman–Crippen MR) is 174 cm³/mol. The summed E-state index contributed by atoms with van der Waals surface area (Å²) in [6.45, 7) is 4.40. The van der Waals surface area contributed by atoms with Gasteiger partial charge in [0.2, 0.25) is 6.29 Å². The molecule has 0 saturated heterocycles. The second kappa shape index (κ2) is 14.7. The van der Waals surface area contributed by atoms with Crippen molar-refractivity contribution in [2.24, 2.45) is 5.92 Å². The molecular weight excluding hydrogens is 580 g/mol. The Morgan fingerprint density at radius 1 is 0.978 bits per heavy atom. The van der Waals surface area contributed by atoms with Crippen molar-refractivity contribution in [2.75, 3.05) is 0 Å². The van der Waals surface area contributed by atoms with Gasteiger partial charge in [-0.25, -0.2) is 14.9 Å². The van der Waals surface area contributed by atoms with Gasteiger partial charge < -0.3 is 14.0 Å². The number of esters is 2. The second-order valence-corrected chi connectivity index (χ2v) is 12.3. The van der Waals surface area contributed by atoms with Crippen LogP contribution in [0.25, 0.3) is 28.1 Å². The van der Waals surface area contributed by atoms with Gasteiger partial charge in [-0.2, -0.15) is 0 Å². The van der Waals surface area contributed by atoms with Gasteiger partial charge in [0.15, 0.2) is 5.82 Å². The summed E-state index contributed by atoms with van der Waals surface area (Å²) in [5.41, 5.74) is 7.14. The molecule has 0 amide bonds. The molecule has 46 heavy (non-hydrogen) atoms. The molecule has 0 spiro atoms. The number of carbonyl (C=O) groups excluding carboxylic acids is 2. The highest BCUT2D eigenvalue weighted by atomic mass is 16.7. The van der Waals surface area contributed by atoms with Crippen molar-refractivity contribution in [3.05, 3.63) is 77.4 Å². The maximum absolute atomic E-state index is 13.2. The zero-order valence-corrected chi connectivity index (χ0v) is 26.7. The molecule has 6 rings (SSSR count). The molecule has 240 valence electrons. The molecule has 2 aliphatic carbocycles. The summed E-state index contributed by atoms with van der Waals surface area (Å²) >= 11 is 0. The van der Waals surface area contributed by atoms with Crippen LogP contribution in [0.15, 0.2) is 54.6 Å². The van der Waals surface area contributed by atoms with Crippen LogP contribution in [-0.4, -0.2) is 48.4 Å². The Morgan fingerprint density at radius 2 is 1.74 bits per heavy atom. The largest absolute Gasteiger partial charge is 0.425 e. The number of aryl methyl sites for hydroxylation is 2. The Hall–Kier alpha value is -4.60. The van der Waals surface area contributed by atoms with Crippen LogP contribution in [0.5, 0.6) is 0 Å². The van der Waals surface area contributed by atoms with E-state index in [1.54, 1.807) is 13.0 Å². The number of H-pyrrole nitrogens is 1. The predicted octanol–water partition coefficient (Wildman–Crippen LogP) is 6.85. The fourth-order valence-corrected chi connectivity index (χ4v) is 6.69. The molecule has 2 aromatic heterocycles. The smallest absolute Gasteiger partial charge is 0.334 e. The SMILES string of the molecule is CCCc1nc2c(n1Cc1ccc(-c3ccccc3-c3nnn[nH]3)cc1)C(=CC(=O)OC(C)OC(=O)C1CCCCC1)CCCC2. The van der Waals surface area contributed by atoms with E-state index in [1.807, 2.05) is 18.2 Å². The average molecular weight is 623 g/mol. The number of tetrazole rings is 1. The van der Waals surface area contributed by atoms with Gasteiger partial charge in [0.1, 0.15) is 5.82 Å². The summed E-state index contributed by atoms with van der Waals surface area (Å²) in [6.07, 6.45) is 11.0. The van der Waals surface area contributed by atoms with Gasteiger partial charge in [-0.1, -0.05) is 74.7 Å². The minimum absolute atomic E-state index is 0.0987. The first-order chi connectivity index (χ1) is 22.5. The van der Waals surface area contributed by atoms with Gasteiger partial charge in [0.05, 0.1) is 17.3 Å². The van der Waals surface area contributed by atoms with E-state index in [-0.39, 0.29) is 11.9 Å². The Kier molecular flexibility index (Phi) is 10.0. The van der Waals surface area contributed by atoms with Crippen molar-refractivity contribution in [2.45, 2.75) is 97.3 Å². The topological polar surface area (TPSA) is 125 Å². The molecule has 0 bridgehead atoms. The average Bonchev–Trinajstić information content (AvgIpc) is 3.67. The number of benzene rings is 2. The first kappa shape index (κ1) is 31.4. The summed E-state index contributed by atoms with van der Waals surface area (Å²) in [7, 11) is 0. The number of imidazole rings is 1. The molecule has 0 aliphatic heterocycles. The van der Waals surface area contributed by atoms with Crippen molar-refractivity contribution in [3.8, 4) is 22.5 Å². The first-order valence-electron chi connectivity index (χ1n) is 16.6. The van der Waals surface area contributed by atoms with Crippen molar-refractivity contribution in [1.82, 2.24) is 30.2 Å². The third kappa shape index (κ3) is 7.27. The highest BCUT2D eigenvalue weighted by Gasteiger charge is 2.26. The summed E-state index contributed by atoms with van der Waals surface area (Å²) in [5, 5.41) is 14.4. The molecule has 1 atom stereocenters. The first-order valence-corrected chi connectivity index (χ1v) is 16.6. The quantitative estimate of drug-likeness (QED) is 0.0881. The molecule has 1 fully saturated rings. The highest BCUT2D eigenvalue weighted by molar-refractivity contribution is 5.91. The zero-order valence-electron chi connectivity index (χ0n) is 26.7. The van der Waals surface area contributed by atoms with Gasteiger partial charge in [0.25, 0.3) is 0 Å². The van der Waals surface area contributed by atoms with E-state index < -0.39 is 12.3 Å². The van der Waals surface area contributed by atoms with Gasteiger partial charge in [-0.05, 0) is 77.6 Å². The van der Waals surface area contributed by atoms with Crippen molar-refractivity contribution < 1.29 is 19.1 Å². The fourth-order valence-electron chi connectivity index (χ4n) is 6.69. The van der Waals surface area contributed by atoms with E-state index in [1.165, 1.54) is 0 Å². The third-order valence-corrected chi connectivity index (χ3v) is 8.93. The molecule has 1 saturated carbocycles. The molecule has 1 N–H and O–H groups in total. The minimum atomic E-state index is -0.937. The Balaban J connectivity index is 1.23. The Labute approximate surface area is 269 Å². The number of aromatic nitrogens is 6. The third-order valence-electron chi connectivity index (χ3n) is 8.93. The minimum Gasteiger partial charge on any atom is -0.425 e. The van der Waals surface area contributed by atoms with Crippen LogP contribution in [0.4, 0.5) is 0 Å². The van der Waals surface area contributed by atoms with Gasteiger partial charge >= 0.3 is 11.9 Å². The zero-order chi connectivity index (χ0) is 31.9. The summed E-state index contributed by atoms with van der Waals surface area (Å²) in [6, 6.07) is 16.6. The number of carbonyl (C=O) groups is 2. The Morgan fingerprint density at radius 3 is 2.48 bits per heavy atom. The lowest BCUT2D eigenvalue weighted by atomic mass is 9.89. The molecular formula is C36H42N6O4. The van der Waals surface area contributed by atoms with Crippen LogP contribution in [0, 0.1) is 5.92 Å². The van der Waals surface area contributed by atoms with Gasteiger partial charge in [0, 0.05) is 31.5 Å². The van der Waals surface area contributed by atoms with Crippen LogP contribution < -0.4 is 0 Å². The molecule has 10 heteroatoms. The van der Waals surface area contributed by atoms with Crippen molar-refractivity contribution in [3.63, 3.8) is 0 Å². The van der Waals surface area contributed by atoms with Crippen LogP contribution in [-0.2, 0) is 38.4 Å². The van der Waals surface area contributed by atoms with E-state index >= 15 is 0 Å². The lowest BCUT2D eigenvalue weighted by molar-refractivity contribution is -0.185. The fraction of sp³-hybridized carbons (Fsp3) is 0.444. The number of fused-ring (bicyclic) bond motifs is 1. The van der Waals surface area contributed by atoms with Crippen LogP contribution in [0.3, 0.4) is 0 Å². The molecule has 2 aliphatic rings. The van der Waals surface area contributed by atoms with Crippen LogP contribution in [0.1, 0.15) is 94.4 Å². The molecule has 4 aromatic rings. The second-order valence-electron chi connectivity index (χ2n) is 12.3. The molecule has 10 nitrogen and oxygen atoms in total. The van der Waals surface area contributed by atoms with E-state index in [0.29, 0.717) is 12.4 Å². The number of ether oxygens (including phenoxy) is 2. The van der Waals surface area contributed by atoms with Gasteiger partial charge in [-0.3, -0.25) is 4.79 Å². The highest BCUT2D eigenvalue weighted by Crippen LogP contribution is 2.33. The van der Waals surface area contributed by atoms with Crippen molar-refractivity contribution >= 4 is 17.5 Å². The lowest BCUT2D eigenvalue weighted by Crippen LogP contribution is -2.27. The number of hydrogen-bond acceptors (Lipinski definition) is 8. The van der Waals surface area contributed by atoms with Crippen LogP contribution in [0.2, 0.25) is 0 Å². The monoisotopic (exact) mass is 622 g/mol. The molecule has 0 radical (unpaired) electrons. The summed E-state index contributed by atoms with van der Waals surface area (Å²) < 4.78 is 13.4. The molecule has 2 heterocycles. The normalized spacial score (nSPS) is 16.9.